The van der Waals surface area contributed by atoms with Gasteiger partial charge in [-0.05, 0) is 54.4 Å². The van der Waals surface area contributed by atoms with Crippen molar-refractivity contribution in [2.24, 2.45) is 0 Å². The van der Waals surface area contributed by atoms with Crippen molar-refractivity contribution in [3.63, 3.8) is 0 Å². The lowest BCUT2D eigenvalue weighted by atomic mass is 10.2. The molecule has 0 atom stereocenters. The van der Waals surface area contributed by atoms with Crippen molar-refractivity contribution in [2.75, 3.05) is 10.0 Å². The Morgan fingerprint density at radius 3 is 2.50 bits per heavy atom. The number of nitrogens with zero attached hydrogens (tertiary/aromatic N) is 3. The van der Waals surface area contributed by atoms with Gasteiger partial charge in [0.15, 0.2) is 5.82 Å². The van der Waals surface area contributed by atoms with Crippen LogP contribution in [0.4, 0.5) is 11.6 Å². The third kappa shape index (κ3) is 4.47. The van der Waals surface area contributed by atoms with Crippen molar-refractivity contribution in [1.29, 1.82) is 0 Å². The molecule has 3 rings (SSSR count). The van der Waals surface area contributed by atoms with Crippen molar-refractivity contribution >= 4 is 33.3 Å². The first kappa shape index (κ1) is 18.1. The van der Waals surface area contributed by atoms with Gasteiger partial charge < -0.3 is 5.32 Å². The molecule has 0 aliphatic carbocycles. The molecule has 2 heterocycles. The minimum absolute atomic E-state index is 0.111. The van der Waals surface area contributed by atoms with E-state index in [1.54, 1.807) is 37.5 Å². The normalized spacial score (nSPS) is 11.2. The molecule has 3 aromatic rings. The zero-order valence-electron chi connectivity index (χ0n) is 13.8. The van der Waals surface area contributed by atoms with Gasteiger partial charge in [-0.2, -0.15) is 0 Å². The largest absolute Gasteiger partial charge is 0.364 e. The van der Waals surface area contributed by atoms with E-state index in [2.05, 4.69) is 25.2 Å². The highest BCUT2D eigenvalue weighted by atomic mass is 35.5. The van der Waals surface area contributed by atoms with E-state index < -0.39 is 10.0 Å². The average molecular weight is 390 g/mol. The summed E-state index contributed by atoms with van der Waals surface area (Å²) in [4.78, 5) is 4.14. The smallest absolute Gasteiger partial charge is 0.263 e. The van der Waals surface area contributed by atoms with Gasteiger partial charge in [0.2, 0.25) is 0 Å². The molecular weight excluding hydrogens is 374 g/mol. The number of hydrogen-bond donors (Lipinski definition) is 2. The first-order valence-electron chi connectivity index (χ1n) is 7.69. The highest BCUT2D eigenvalue weighted by molar-refractivity contribution is 7.92. The molecule has 0 amide bonds. The summed E-state index contributed by atoms with van der Waals surface area (Å²) in [6, 6.07) is 11.5. The Bertz CT molecular complexity index is 995. The van der Waals surface area contributed by atoms with Crippen molar-refractivity contribution in [2.45, 2.75) is 18.4 Å². The van der Waals surface area contributed by atoms with Crippen LogP contribution < -0.4 is 10.0 Å². The molecule has 0 unspecified atom stereocenters. The summed E-state index contributed by atoms with van der Waals surface area (Å²) < 4.78 is 27.2. The second-order valence-corrected chi connectivity index (χ2v) is 7.62. The molecule has 0 aliphatic heterocycles. The number of sulfonamides is 1. The second-order valence-electron chi connectivity index (χ2n) is 5.54. The van der Waals surface area contributed by atoms with Crippen LogP contribution in [0, 0.1) is 6.92 Å². The Hall–Kier alpha value is -2.71. The van der Waals surface area contributed by atoms with E-state index in [9.17, 15) is 8.42 Å². The molecule has 0 aliphatic rings. The Labute approximate surface area is 156 Å². The molecule has 0 spiro atoms. The topological polar surface area (TPSA) is 96.9 Å². The Morgan fingerprint density at radius 1 is 1.08 bits per heavy atom. The Balaban J connectivity index is 1.67. The summed E-state index contributed by atoms with van der Waals surface area (Å²) in [5.74, 6) is 0.656. The maximum atomic E-state index is 12.4. The standard InChI is InChI=1S/C17H16ClN5O2S/c1-12-9-14(4-5-15(12)18)26(24,25)23-17-7-6-16(21-22-17)20-11-13-3-2-8-19-10-13/h2-10H,11H2,1H3,(H,20,21)(H,22,23). The van der Waals surface area contributed by atoms with Gasteiger partial charge in [0.05, 0.1) is 4.90 Å². The molecule has 26 heavy (non-hydrogen) atoms. The molecule has 7 nitrogen and oxygen atoms in total. The fraction of sp³-hybridized carbons (Fsp3) is 0.118. The van der Waals surface area contributed by atoms with Gasteiger partial charge in [0.1, 0.15) is 5.82 Å². The number of rotatable bonds is 6. The molecule has 0 fully saturated rings. The van der Waals surface area contributed by atoms with Crippen molar-refractivity contribution in [1.82, 2.24) is 15.2 Å². The minimum atomic E-state index is -3.76. The van der Waals surface area contributed by atoms with Crippen molar-refractivity contribution in [3.8, 4) is 0 Å². The van der Waals surface area contributed by atoms with E-state index in [1.165, 1.54) is 12.1 Å². The summed E-state index contributed by atoms with van der Waals surface area (Å²) in [5.41, 5.74) is 1.67. The minimum Gasteiger partial charge on any atom is -0.364 e. The quantitative estimate of drug-likeness (QED) is 0.671. The molecule has 1 aromatic carbocycles. The van der Waals surface area contributed by atoms with Crippen LogP contribution in [0.1, 0.15) is 11.1 Å². The maximum absolute atomic E-state index is 12.4. The van der Waals surface area contributed by atoms with Gasteiger partial charge in [0, 0.05) is 24.0 Å². The van der Waals surface area contributed by atoms with Gasteiger partial charge >= 0.3 is 0 Å². The number of halogens is 1. The summed E-state index contributed by atoms with van der Waals surface area (Å²) in [6.07, 6.45) is 3.45. The number of aromatic nitrogens is 3. The van der Waals surface area contributed by atoms with Gasteiger partial charge in [0.25, 0.3) is 10.0 Å². The molecular formula is C17H16ClN5O2S. The van der Waals surface area contributed by atoms with Crippen LogP contribution in [0.2, 0.25) is 5.02 Å². The molecule has 0 saturated heterocycles. The molecule has 0 bridgehead atoms. The predicted molar refractivity (Wildman–Crippen MR) is 101 cm³/mol. The highest BCUT2D eigenvalue weighted by Crippen LogP contribution is 2.21. The van der Waals surface area contributed by atoms with E-state index in [-0.39, 0.29) is 10.7 Å². The zero-order chi connectivity index (χ0) is 18.6. The van der Waals surface area contributed by atoms with Crippen molar-refractivity contribution in [3.05, 3.63) is 71.0 Å². The first-order chi connectivity index (χ1) is 12.4. The monoisotopic (exact) mass is 389 g/mol. The SMILES string of the molecule is Cc1cc(S(=O)(=O)Nc2ccc(NCc3cccnc3)nn2)ccc1Cl. The lowest BCUT2D eigenvalue weighted by Gasteiger charge is -2.09. The van der Waals surface area contributed by atoms with Crippen molar-refractivity contribution < 1.29 is 8.42 Å². The summed E-state index contributed by atoms with van der Waals surface area (Å²) in [5, 5.41) is 11.5. The third-order valence-electron chi connectivity index (χ3n) is 3.54. The summed E-state index contributed by atoms with van der Waals surface area (Å²) >= 11 is 5.93. The summed E-state index contributed by atoms with van der Waals surface area (Å²) in [7, 11) is -3.76. The van der Waals surface area contributed by atoms with Crippen LogP contribution >= 0.6 is 11.6 Å². The van der Waals surface area contributed by atoms with E-state index in [1.807, 2.05) is 12.1 Å². The van der Waals surface area contributed by atoms with E-state index in [0.29, 0.717) is 22.9 Å². The first-order valence-corrected chi connectivity index (χ1v) is 9.56. The van der Waals surface area contributed by atoms with Crippen LogP contribution in [0.3, 0.4) is 0 Å². The Morgan fingerprint density at radius 2 is 1.85 bits per heavy atom. The van der Waals surface area contributed by atoms with E-state index >= 15 is 0 Å². The molecule has 0 saturated carbocycles. The molecule has 2 N–H and O–H groups in total. The molecule has 9 heteroatoms. The van der Waals surface area contributed by atoms with Gasteiger partial charge in [-0.25, -0.2) is 8.42 Å². The lowest BCUT2D eigenvalue weighted by Crippen LogP contribution is -2.14. The zero-order valence-corrected chi connectivity index (χ0v) is 15.4. The van der Waals surface area contributed by atoms with E-state index in [0.717, 1.165) is 5.56 Å². The van der Waals surface area contributed by atoms with Crippen LogP contribution in [0.25, 0.3) is 0 Å². The number of pyridine rings is 1. The number of anilines is 2. The van der Waals surface area contributed by atoms with Gasteiger partial charge in [-0.3, -0.25) is 9.71 Å². The second kappa shape index (κ2) is 7.67. The van der Waals surface area contributed by atoms with Crippen LogP contribution in [0.15, 0.2) is 59.8 Å². The molecule has 2 aromatic heterocycles. The molecule has 0 radical (unpaired) electrons. The third-order valence-corrected chi connectivity index (χ3v) is 5.32. The lowest BCUT2D eigenvalue weighted by molar-refractivity contribution is 0.601. The number of aryl methyl sites for hydroxylation is 1. The fourth-order valence-corrected chi connectivity index (χ4v) is 3.36. The fourth-order valence-electron chi connectivity index (χ4n) is 2.16. The predicted octanol–water partition coefficient (Wildman–Crippen LogP) is 3.25. The Kier molecular flexibility index (Phi) is 5.34. The van der Waals surface area contributed by atoms with E-state index in [4.69, 9.17) is 11.6 Å². The number of benzene rings is 1. The number of nitrogens with one attached hydrogen (secondary N) is 2. The van der Waals surface area contributed by atoms with Crippen LogP contribution in [-0.2, 0) is 16.6 Å². The van der Waals surface area contributed by atoms with Gasteiger partial charge in [-0.15, -0.1) is 10.2 Å². The molecule has 134 valence electrons. The maximum Gasteiger partial charge on any atom is 0.263 e. The van der Waals surface area contributed by atoms with Gasteiger partial charge in [-0.1, -0.05) is 17.7 Å². The number of hydrogen-bond acceptors (Lipinski definition) is 6. The van der Waals surface area contributed by atoms with Crippen LogP contribution in [0.5, 0.6) is 0 Å². The summed E-state index contributed by atoms with van der Waals surface area (Å²) in [6.45, 7) is 2.28. The average Bonchev–Trinajstić information content (AvgIpc) is 2.64. The van der Waals surface area contributed by atoms with Crippen LogP contribution in [-0.4, -0.2) is 23.6 Å². The highest BCUT2D eigenvalue weighted by Gasteiger charge is 2.16.